The Kier molecular flexibility index (Phi) is 8.67. The number of amides is 4. The van der Waals surface area contributed by atoms with Crippen molar-refractivity contribution in [3.8, 4) is 0 Å². The van der Waals surface area contributed by atoms with Crippen molar-refractivity contribution in [3.05, 3.63) is 34.9 Å². The zero-order valence-corrected chi connectivity index (χ0v) is 17.4. The van der Waals surface area contributed by atoms with Crippen molar-refractivity contribution < 1.29 is 24.0 Å². The second kappa shape index (κ2) is 11.2. The normalized spacial score (nSPS) is 15.2. The molecule has 1 aliphatic heterocycles. The first-order valence-corrected chi connectivity index (χ1v) is 9.89. The molecule has 0 saturated carbocycles. The Balaban J connectivity index is 2.07. The molecule has 0 bridgehead atoms. The summed E-state index contributed by atoms with van der Waals surface area (Å²) < 4.78 is 0. The molecule has 1 fully saturated rings. The molecule has 9 heteroatoms. The monoisotopic (exact) mass is 416 g/mol. The summed E-state index contributed by atoms with van der Waals surface area (Å²) in [7, 11) is 1.63. The molecule has 0 spiro atoms. The highest BCUT2D eigenvalue weighted by atomic mass is 16.2. The molecule has 0 radical (unpaired) electrons. The SMILES string of the molecule is CC(CCC(=O)NC=O)N(C)C(=O)c1cc(CN2CCN(C=O)CC2)ccc1C=O. The van der Waals surface area contributed by atoms with Gasteiger partial charge in [-0.05, 0) is 25.0 Å². The molecule has 9 nitrogen and oxygen atoms in total. The maximum absolute atomic E-state index is 13.0. The van der Waals surface area contributed by atoms with Crippen LogP contribution in [-0.4, -0.2) is 84.9 Å². The predicted molar refractivity (Wildman–Crippen MR) is 110 cm³/mol. The van der Waals surface area contributed by atoms with E-state index in [-0.39, 0.29) is 18.4 Å². The molecule has 1 atom stereocenters. The van der Waals surface area contributed by atoms with Gasteiger partial charge < -0.3 is 9.80 Å². The van der Waals surface area contributed by atoms with E-state index in [1.54, 1.807) is 24.1 Å². The fourth-order valence-corrected chi connectivity index (χ4v) is 3.34. The Morgan fingerprint density at radius 2 is 1.87 bits per heavy atom. The third-order valence-electron chi connectivity index (χ3n) is 5.43. The molecule has 0 aliphatic carbocycles. The van der Waals surface area contributed by atoms with Gasteiger partial charge >= 0.3 is 0 Å². The Bertz CT molecular complexity index is 790. The van der Waals surface area contributed by atoms with Crippen LogP contribution in [0.1, 0.15) is 46.0 Å². The predicted octanol–water partition coefficient (Wildman–Crippen LogP) is 0.286. The lowest BCUT2D eigenvalue weighted by atomic mass is 10.0. The number of carbonyl (C=O) groups excluding carboxylic acids is 5. The van der Waals surface area contributed by atoms with Gasteiger partial charge in [-0.3, -0.25) is 34.2 Å². The lowest BCUT2D eigenvalue weighted by Gasteiger charge is -2.32. The van der Waals surface area contributed by atoms with Gasteiger partial charge in [-0.15, -0.1) is 0 Å². The van der Waals surface area contributed by atoms with Crippen LogP contribution in [0.2, 0.25) is 0 Å². The molecule has 1 heterocycles. The topological polar surface area (TPSA) is 107 Å². The van der Waals surface area contributed by atoms with Crippen molar-refractivity contribution in [2.75, 3.05) is 33.2 Å². The summed E-state index contributed by atoms with van der Waals surface area (Å²) in [6.45, 7) is 5.26. The Hall–Kier alpha value is -3.07. The van der Waals surface area contributed by atoms with Crippen LogP contribution < -0.4 is 5.32 Å². The van der Waals surface area contributed by atoms with Crippen molar-refractivity contribution in [2.45, 2.75) is 32.4 Å². The summed E-state index contributed by atoms with van der Waals surface area (Å²) in [5.41, 5.74) is 1.54. The van der Waals surface area contributed by atoms with Crippen molar-refractivity contribution in [1.82, 2.24) is 20.0 Å². The Morgan fingerprint density at radius 1 is 1.17 bits per heavy atom. The number of imide groups is 1. The highest BCUT2D eigenvalue weighted by Gasteiger charge is 2.22. The summed E-state index contributed by atoms with van der Waals surface area (Å²) in [6.07, 6.45) is 2.36. The van der Waals surface area contributed by atoms with Crippen LogP contribution in [0.25, 0.3) is 0 Å². The molecule has 4 amide bonds. The number of hydrogen-bond acceptors (Lipinski definition) is 6. The zero-order chi connectivity index (χ0) is 22.1. The maximum Gasteiger partial charge on any atom is 0.254 e. The van der Waals surface area contributed by atoms with Gasteiger partial charge in [0.1, 0.15) is 0 Å². The molecular formula is C21H28N4O5. The van der Waals surface area contributed by atoms with Crippen LogP contribution in [0.4, 0.5) is 0 Å². The van der Waals surface area contributed by atoms with Crippen LogP contribution in [0.15, 0.2) is 18.2 Å². The smallest absolute Gasteiger partial charge is 0.254 e. The molecule has 1 aromatic rings. The number of aldehydes is 1. The van der Waals surface area contributed by atoms with E-state index >= 15 is 0 Å². The molecule has 1 N–H and O–H groups in total. The van der Waals surface area contributed by atoms with Gasteiger partial charge in [-0.25, -0.2) is 0 Å². The van der Waals surface area contributed by atoms with Gasteiger partial charge in [-0.1, -0.05) is 12.1 Å². The van der Waals surface area contributed by atoms with Gasteiger partial charge in [0, 0.05) is 57.8 Å². The van der Waals surface area contributed by atoms with Gasteiger partial charge in [0.25, 0.3) is 5.91 Å². The van der Waals surface area contributed by atoms with E-state index in [1.165, 1.54) is 4.90 Å². The van der Waals surface area contributed by atoms with Crippen molar-refractivity contribution in [1.29, 1.82) is 0 Å². The van der Waals surface area contributed by atoms with Gasteiger partial charge in [0.2, 0.25) is 18.7 Å². The summed E-state index contributed by atoms with van der Waals surface area (Å²) in [5.74, 6) is -0.698. The number of rotatable bonds is 10. The molecule has 1 unspecified atom stereocenters. The number of carbonyl (C=O) groups is 5. The lowest BCUT2D eigenvalue weighted by molar-refractivity contribution is -0.125. The summed E-state index contributed by atoms with van der Waals surface area (Å²) in [4.78, 5) is 62.5. The minimum absolute atomic E-state index is 0.116. The first-order valence-electron chi connectivity index (χ1n) is 9.89. The first kappa shape index (κ1) is 23.2. The molecule has 1 aliphatic rings. The number of piperazine rings is 1. The van der Waals surface area contributed by atoms with Crippen LogP contribution in [-0.2, 0) is 20.9 Å². The fourth-order valence-electron chi connectivity index (χ4n) is 3.34. The average Bonchev–Trinajstić information content (AvgIpc) is 2.77. The zero-order valence-electron chi connectivity index (χ0n) is 17.4. The van der Waals surface area contributed by atoms with Gasteiger partial charge in [0.05, 0.1) is 5.56 Å². The number of benzene rings is 1. The average molecular weight is 416 g/mol. The quantitative estimate of drug-likeness (QED) is 0.550. The summed E-state index contributed by atoms with van der Waals surface area (Å²) in [5, 5.41) is 2.08. The molecule has 1 saturated heterocycles. The van der Waals surface area contributed by atoms with E-state index in [0.29, 0.717) is 49.9 Å². The van der Waals surface area contributed by atoms with Crippen LogP contribution in [0.5, 0.6) is 0 Å². The molecule has 2 rings (SSSR count). The number of nitrogens with one attached hydrogen (secondary N) is 1. The van der Waals surface area contributed by atoms with Crippen LogP contribution >= 0.6 is 0 Å². The maximum atomic E-state index is 13.0. The van der Waals surface area contributed by atoms with Crippen LogP contribution in [0, 0.1) is 0 Å². The van der Waals surface area contributed by atoms with E-state index in [1.807, 2.05) is 13.0 Å². The fraction of sp³-hybridized carbons (Fsp3) is 0.476. The van der Waals surface area contributed by atoms with E-state index in [0.717, 1.165) is 25.1 Å². The third kappa shape index (κ3) is 6.21. The minimum atomic E-state index is -0.400. The molecular weight excluding hydrogens is 388 g/mol. The van der Waals surface area contributed by atoms with Crippen molar-refractivity contribution in [2.24, 2.45) is 0 Å². The van der Waals surface area contributed by atoms with Crippen molar-refractivity contribution >= 4 is 30.9 Å². The molecule has 1 aromatic carbocycles. The minimum Gasteiger partial charge on any atom is -0.343 e. The van der Waals surface area contributed by atoms with Crippen molar-refractivity contribution in [3.63, 3.8) is 0 Å². The Morgan fingerprint density at radius 3 is 2.47 bits per heavy atom. The van der Waals surface area contributed by atoms with Crippen LogP contribution in [0.3, 0.4) is 0 Å². The highest BCUT2D eigenvalue weighted by Crippen LogP contribution is 2.17. The van der Waals surface area contributed by atoms with Gasteiger partial charge in [-0.2, -0.15) is 0 Å². The highest BCUT2D eigenvalue weighted by molar-refractivity contribution is 6.01. The third-order valence-corrected chi connectivity index (χ3v) is 5.43. The largest absolute Gasteiger partial charge is 0.343 e. The number of nitrogens with zero attached hydrogens (tertiary/aromatic N) is 3. The van der Waals surface area contributed by atoms with Gasteiger partial charge in [0.15, 0.2) is 6.29 Å². The van der Waals surface area contributed by atoms with E-state index in [2.05, 4.69) is 10.2 Å². The summed E-state index contributed by atoms with van der Waals surface area (Å²) in [6, 6.07) is 4.96. The van der Waals surface area contributed by atoms with E-state index in [4.69, 9.17) is 0 Å². The second-order valence-corrected chi connectivity index (χ2v) is 7.45. The molecule has 162 valence electrons. The molecule has 30 heavy (non-hydrogen) atoms. The molecule has 0 aromatic heterocycles. The number of hydrogen-bond donors (Lipinski definition) is 1. The van der Waals surface area contributed by atoms with E-state index < -0.39 is 5.91 Å². The first-order chi connectivity index (χ1) is 14.4. The Labute approximate surface area is 176 Å². The standard InChI is InChI=1S/C21H28N4O5/c1-16(3-6-20(29)22-14-27)23(2)21(30)19-11-17(4-5-18(19)13-26)12-24-7-9-25(15-28)10-8-24/h4-5,11,13-16H,3,6-10,12H2,1-2H3,(H,22,27,29). The summed E-state index contributed by atoms with van der Waals surface area (Å²) >= 11 is 0. The second-order valence-electron chi connectivity index (χ2n) is 7.45. The lowest BCUT2D eigenvalue weighted by Crippen LogP contribution is -2.45. The van der Waals surface area contributed by atoms with E-state index in [9.17, 15) is 24.0 Å².